The first kappa shape index (κ1) is 12.4. The van der Waals surface area contributed by atoms with Gasteiger partial charge in [-0.2, -0.15) is 5.10 Å². The summed E-state index contributed by atoms with van der Waals surface area (Å²) in [6.45, 7) is 5.83. The van der Waals surface area contributed by atoms with Crippen molar-refractivity contribution < 1.29 is 4.79 Å². The van der Waals surface area contributed by atoms with Crippen molar-refractivity contribution in [1.29, 1.82) is 0 Å². The van der Waals surface area contributed by atoms with E-state index in [9.17, 15) is 4.79 Å². The quantitative estimate of drug-likeness (QED) is 0.881. The Bertz CT molecular complexity index is 599. The van der Waals surface area contributed by atoms with Crippen LogP contribution in [0.5, 0.6) is 0 Å². The van der Waals surface area contributed by atoms with Crippen LogP contribution in [-0.4, -0.2) is 15.7 Å². The predicted octanol–water partition coefficient (Wildman–Crippen LogP) is 2.60. The van der Waals surface area contributed by atoms with E-state index in [1.54, 1.807) is 10.9 Å². The number of aromatic nitrogens is 2. The summed E-state index contributed by atoms with van der Waals surface area (Å²) in [5.41, 5.74) is 4.40. The summed E-state index contributed by atoms with van der Waals surface area (Å²) in [7, 11) is 1.83. The Labute approximate surface area is 107 Å². The topological polar surface area (TPSA) is 46.9 Å². The van der Waals surface area contributed by atoms with Crippen molar-refractivity contribution in [3.63, 3.8) is 0 Å². The second-order valence-electron chi connectivity index (χ2n) is 4.57. The van der Waals surface area contributed by atoms with Crippen LogP contribution in [0.1, 0.15) is 27.2 Å². The molecule has 0 radical (unpaired) electrons. The van der Waals surface area contributed by atoms with Gasteiger partial charge in [0.15, 0.2) is 0 Å². The maximum atomic E-state index is 12.2. The first-order valence-corrected chi connectivity index (χ1v) is 5.86. The summed E-state index contributed by atoms with van der Waals surface area (Å²) in [5.74, 6) is -0.0939. The molecule has 0 unspecified atom stereocenters. The van der Waals surface area contributed by atoms with Gasteiger partial charge in [-0.25, -0.2) is 0 Å². The summed E-state index contributed by atoms with van der Waals surface area (Å²) in [5, 5.41) is 7.08. The van der Waals surface area contributed by atoms with Crippen LogP contribution in [0.4, 0.5) is 5.69 Å². The fourth-order valence-electron chi connectivity index (χ4n) is 1.98. The van der Waals surface area contributed by atoms with Crippen molar-refractivity contribution in [2.75, 3.05) is 5.32 Å². The first-order valence-electron chi connectivity index (χ1n) is 5.86. The first-order chi connectivity index (χ1) is 8.47. The monoisotopic (exact) mass is 243 g/mol. The van der Waals surface area contributed by atoms with Crippen LogP contribution in [0.3, 0.4) is 0 Å². The summed E-state index contributed by atoms with van der Waals surface area (Å²) >= 11 is 0. The molecule has 1 amide bonds. The molecular weight excluding hydrogens is 226 g/mol. The van der Waals surface area contributed by atoms with Crippen molar-refractivity contribution in [3.05, 3.63) is 46.8 Å². The van der Waals surface area contributed by atoms with E-state index < -0.39 is 0 Å². The number of rotatable bonds is 2. The second-order valence-corrected chi connectivity index (χ2v) is 4.57. The molecule has 0 aliphatic heterocycles. The number of carbonyl (C=O) groups excluding carboxylic acids is 1. The Morgan fingerprint density at radius 2 is 2.00 bits per heavy atom. The number of hydrogen-bond acceptors (Lipinski definition) is 2. The Morgan fingerprint density at radius 1 is 1.28 bits per heavy atom. The zero-order chi connectivity index (χ0) is 13.3. The molecule has 0 saturated carbocycles. The lowest BCUT2D eigenvalue weighted by molar-refractivity contribution is 0.102. The molecule has 0 fully saturated rings. The number of hydrogen-bond donors (Lipinski definition) is 1. The number of nitrogens with one attached hydrogen (secondary N) is 1. The molecule has 0 atom stereocenters. The largest absolute Gasteiger partial charge is 0.319 e. The Morgan fingerprint density at radius 3 is 2.56 bits per heavy atom. The van der Waals surface area contributed by atoms with Gasteiger partial charge in [-0.3, -0.25) is 9.48 Å². The van der Waals surface area contributed by atoms with E-state index >= 15 is 0 Å². The van der Waals surface area contributed by atoms with Gasteiger partial charge in [0.05, 0.1) is 11.4 Å². The van der Waals surface area contributed by atoms with Crippen LogP contribution in [-0.2, 0) is 7.05 Å². The summed E-state index contributed by atoms with van der Waals surface area (Å²) in [6, 6.07) is 5.80. The summed E-state index contributed by atoms with van der Waals surface area (Å²) < 4.78 is 1.69. The van der Waals surface area contributed by atoms with Crippen LogP contribution >= 0.6 is 0 Å². The maximum Gasteiger partial charge on any atom is 0.256 e. The third kappa shape index (κ3) is 2.42. The van der Waals surface area contributed by atoms with Gasteiger partial charge >= 0.3 is 0 Å². The summed E-state index contributed by atoms with van der Waals surface area (Å²) in [4.78, 5) is 12.2. The molecule has 18 heavy (non-hydrogen) atoms. The molecule has 0 aliphatic carbocycles. The number of aryl methyl sites for hydroxylation is 4. The fraction of sp³-hybridized carbons (Fsp3) is 0.286. The predicted molar refractivity (Wildman–Crippen MR) is 71.8 cm³/mol. The van der Waals surface area contributed by atoms with Crippen molar-refractivity contribution in [1.82, 2.24) is 9.78 Å². The molecule has 1 N–H and O–H groups in total. The Hall–Kier alpha value is -2.10. The highest BCUT2D eigenvalue weighted by molar-refractivity contribution is 6.05. The highest BCUT2D eigenvalue weighted by Crippen LogP contribution is 2.16. The van der Waals surface area contributed by atoms with Gasteiger partial charge in [0, 0.05) is 18.8 Å². The van der Waals surface area contributed by atoms with Crippen molar-refractivity contribution in [2.45, 2.75) is 20.8 Å². The van der Waals surface area contributed by atoms with Crippen LogP contribution in [0.2, 0.25) is 0 Å². The van der Waals surface area contributed by atoms with Gasteiger partial charge in [-0.15, -0.1) is 0 Å². The van der Waals surface area contributed by atoms with Gasteiger partial charge in [0.25, 0.3) is 5.91 Å². The molecule has 0 saturated heterocycles. The number of nitrogens with zero attached hydrogens (tertiary/aromatic N) is 2. The maximum absolute atomic E-state index is 12.2. The van der Waals surface area contributed by atoms with Crippen LogP contribution in [0, 0.1) is 20.8 Å². The van der Waals surface area contributed by atoms with E-state index in [1.807, 2.05) is 46.0 Å². The molecule has 1 aromatic carbocycles. The number of anilines is 1. The minimum absolute atomic E-state index is 0.0939. The molecule has 0 aliphatic rings. The van der Waals surface area contributed by atoms with Crippen molar-refractivity contribution in [2.24, 2.45) is 7.05 Å². The van der Waals surface area contributed by atoms with Crippen LogP contribution in [0.25, 0.3) is 0 Å². The smallest absolute Gasteiger partial charge is 0.256 e. The van der Waals surface area contributed by atoms with E-state index in [0.717, 1.165) is 22.5 Å². The zero-order valence-electron chi connectivity index (χ0n) is 11.1. The van der Waals surface area contributed by atoms with E-state index in [4.69, 9.17) is 0 Å². The van der Waals surface area contributed by atoms with Gasteiger partial charge in [0.1, 0.15) is 0 Å². The number of carbonyl (C=O) groups is 1. The lowest BCUT2D eigenvalue weighted by Gasteiger charge is -2.07. The molecule has 0 spiro atoms. The molecule has 94 valence electrons. The van der Waals surface area contributed by atoms with Crippen LogP contribution < -0.4 is 5.32 Å². The number of amides is 1. The molecule has 2 rings (SSSR count). The van der Waals surface area contributed by atoms with Gasteiger partial charge in [-0.1, -0.05) is 17.7 Å². The third-order valence-electron chi connectivity index (χ3n) is 2.89. The van der Waals surface area contributed by atoms with E-state index in [0.29, 0.717) is 5.56 Å². The number of benzene rings is 1. The second kappa shape index (κ2) is 4.64. The Kier molecular flexibility index (Phi) is 3.19. The van der Waals surface area contributed by atoms with Crippen molar-refractivity contribution in [3.8, 4) is 0 Å². The highest BCUT2D eigenvalue weighted by Gasteiger charge is 2.11. The van der Waals surface area contributed by atoms with E-state index in [1.165, 1.54) is 0 Å². The summed E-state index contributed by atoms with van der Waals surface area (Å²) in [6.07, 6.45) is 1.80. The third-order valence-corrected chi connectivity index (χ3v) is 2.89. The highest BCUT2D eigenvalue weighted by atomic mass is 16.1. The SMILES string of the molecule is Cc1ccc(C(=O)Nc2cn(C)nc2C)c(C)c1. The Balaban J connectivity index is 2.24. The van der Waals surface area contributed by atoms with Gasteiger partial charge in [-0.05, 0) is 32.4 Å². The molecule has 2 aromatic rings. The van der Waals surface area contributed by atoms with Gasteiger partial charge < -0.3 is 5.32 Å². The molecule has 1 heterocycles. The van der Waals surface area contributed by atoms with E-state index in [-0.39, 0.29) is 5.91 Å². The van der Waals surface area contributed by atoms with Crippen LogP contribution in [0.15, 0.2) is 24.4 Å². The normalized spacial score (nSPS) is 10.4. The lowest BCUT2D eigenvalue weighted by Crippen LogP contribution is -2.13. The molecule has 4 nitrogen and oxygen atoms in total. The standard InChI is InChI=1S/C14H17N3O/c1-9-5-6-12(10(2)7-9)14(18)15-13-8-17(4)16-11(13)3/h5-8H,1-4H3,(H,15,18). The molecular formula is C14H17N3O. The van der Waals surface area contributed by atoms with Crippen molar-refractivity contribution >= 4 is 11.6 Å². The minimum Gasteiger partial charge on any atom is -0.319 e. The molecule has 4 heteroatoms. The zero-order valence-corrected chi connectivity index (χ0v) is 11.1. The average molecular weight is 243 g/mol. The van der Waals surface area contributed by atoms with Gasteiger partial charge in [0.2, 0.25) is 0 Å². The minimum atomic E-state index is -0.0939. The average Bonchev–Trinajstić information content (AvgIpc) is 2.57. The fourth-order valence-corrected chi connectivity index (χ4v) is 1.98. The van der Waals surface area contributed by atoms with E-state index in [2.05, 4.69) is 10.4 Å². The molecule has 1 aromatic heterocycles. The molecule has 0 bridgehead atoms. The lowest BCUT2D eigenvalue weighted by atomic mass is 10.1.